The minimum absolute atomic E-state index is 0.0565. The van der Waals surface area contributed by atoms with Crippen LogP contribution in [-0.4, -0.2) is 64.7 Å². The lowest BCUT2D eigenvalue weighted by atomic mass is 9.98. The van der Waals surface area contributed by atoms with Crippen LogP contribution in [-0.2, 0) is 20.7 Å². The van der Waals surface area contributed by atoms with E-state index in [-0.39, 0.29) is 18.4 Å². The van der Waals surface area contributed by atoms with Gasteiger partial charge in [0.05, 0.1) is 11.3 Å². The summed E-state index contributed by atoms with van der Waals surface area (Å²) in [5.74, 6) is 0.280. The van der Waals surface area contributed by atoms with Crippen molar-refractivity contribution >= 4 is 17.7 Å². The fourth-order valence-electron chi connectivity index (χ4n) is 4.39. The highest BCUT2D eigenvalue weighted by atomic mass is 16.5. The number of ether oxygens (including phenoxy) is 2. The SMILES string of the molecule is COC(C)N(CCc1c(C)[nH]c(/C=C2/C(=O)NN=C2c2ccncn2)c1C1CC1)C(C)OC. The molecule has 2 aromatic heterocycles. The third kappa shape index (κ3) is 4.90. The first-order valence-electron chi connectivity index (χ1n) is 11.3. The molecule has 3 heterocycles. The van der Waals surface area contributed by atoms with Gasteiger partial charge in [-0.25, -0.2) is 15.4 Å². The Morgan fingerprint density at radius 1 is 1.24 bits per heavy atom. The maximum absolute atomic E-state index is 12.6. The molecule has 0 bridgehead atoms. The first-order valence-corrected chi connectivity index (χ1v) is 11.3. The van der Waals surface area contributed by atoms with Crippen LogP contribution in [0.5, 0.6) is 0 Å². The summed E-state index contributed by atoms with van der Waals surface area (Å²) < 4.78 is 11.1. The molecule has 4 rings (SSSR count). The van der Waals surface area contributed by atoms with E-state index in [2.05, 4.69) is 37.3 Å². The average Bonchev–Trinajstić information content (AvgIpc) is 3.54. The Bertz CT molecular complexity index is 1050. The van der Waals surface area contributed by atoms with Crippen molar-refractivity contribution in [2.45, 2.75) is 58.4 Å². The van der Waals surface area contributed by atoms with E-state index in [9.17, 15) is 4.79 Å². The molecular formula is C24H32N6O3. The number of aromatic amines is 1. The summed E-state index contributed by atoms with van der Waals surface area (Å²) in [5, 5.41) is 4.21. The Morgan fingerprint density at radius 2 is 1.97 bits per heavy atom. The van der Waals surface area contributed by atoms with Gasteiger partial charge in [0.1, 0.15) is 24.5 Å². The van der Waals surface area contributed by atoms with Crippen molar-refractivity contribution in [3.05, 3.63) is 52.4 Å². The maximum atomic E-state index is 12.6. The van der Waals surface area contributed by atoms with Crippen molar-refractivity contribution in [2.75, 3.05) is 20.8 Å². The van der Waals surface area contributed by atoms with Gasteiger partial charge in [-0.1, -0.05) is 0 Å². The quantitative estimate of drug-likeness (QED) is 0.424. The molecule has 2 atom stereocenters. The van der Waals surface area contributed by atoms with Crippen molar-refractivity contribution in [1.29, 1.82) is 0 Å². The van der Waals surface area contributed by atoms with Crippen molar-refractivity contribution < 1.29 is 14.3 Å². The summed E-state index contributed by atoms with van der Waals surface area (Å²) in [7, 11) is 3.43. The monoisotopic (exact) mass is 452 g/mol. The van der Waals surface area contributed by atoms with Crippen LogP contribution in [0.2, 0.25) is 0 Å². The highest BCUT2D eigenvalue weighted by molar-refractivity contribution is 6.32. The molecule has 0 radical (unpaired) electrons. The van der Waals surface area contributed by atoms with E-state index in [1.807, 2.05) is 19.9 Å². The second kappa shape index (κ2) is 9.94. The second-order valence-electron chi connectivity index (χ2n) is 8.54. The lowest BCUT2D eigenvalue weighted by Crippen LogP contribution is -2.43. The van der Waals surface area contributed by atoms with Crippen LogP contribution in [0.1, 0.15) is 60.8 Å². The van der Waals surface area contributed by atoms with E-state index in [0.717, 1.165) is 37.2 Å². The standard InChI is InChI=1S/C24H32N6O3/c1-14-18(9-11-30(15(2)32-4)16(3)33-5)22(17-6-7-17)21(27-14)12-19-23(28-29-24(19)31)20-8-10-25-13-26-20/h8,10,12-13,15-17,27H,6-7,9,11H2,1-5H3,(H,29,31)/b19-12+. The number of hydrazone groups is 1. The number of carbonyl (C=O) groups is 1. The molecule has 1 amide bonds. The maximum Gasteiger partial charge on any atom is 0.273 e. The molecule has 0 aromatic carbocycles. The summed E-state index contributed by atoms with van der Waals surface area (Å²) in [6.07, 6.45) is 8.08. The Labute approximate surface area is 194 Å². The van der Waals surface area contributed by atoms with Crippen molar-refractivity contribution in [3.8, 4) is 0 Å². The highest BCUT2D eigenvalue weighted by Gasteiger charge is 2.33. The Hall–Kier alpha value is -2.88. The van der Waals surface area contributed by atoms with Crippen LogP contribution in [0, 0.1) is 6.92 Å². The van der Waals surface area contributed by atoms with E-state index in [0.29, 0.717) is 22.9 Å². The molecule has 2 unspecified atom stereocenters. The number of carbonyl (C=O) groups excluding carboxylic acids is 1. The smallest absolute Gasteiger partial charge is 0.273 e. The molecule has 0 spiro atoms. The number of hydrogen-bond donors (Lipinski definition) is 2. The second-order valence-corrected chi connectivity index (χ2v) is 8.54. The molecule has 1 aliphatic heterocycles. The van der Waals surface area contributed by atoms with E-state index in [1.54, 1.807) is 26.5 Å². The molecular weight excluding hydrogens is 420 g/mol. The third-order valence-corrected chi connectivity index (χ3v) is 6.49. The molecule has 33 heavy (non-hydrogen) atoms. The van der Waals surface area contributed by atoms with E-state index in [4.69, 9.17) is 9.47 Å². The number of aromatic nitrogens is 3. The van der Waals surface area contributed by atoms with Gasteiger partial charge in [-0.2, -0.15) is 5.10 Å². The molecule has 1 saturated carbocycles. The molecule has 0 saturated heterocycles. The van der Waals surface area contributed by atoms with Crippen molar-refractivity contribution in [2.24, 2.45) is 5.10 Å². The Balaban J connectivity index is 1.65. The van der Waals surface area contributed by atoms with Gasteiger partial charge in [0, 0.05) is 38.3 Å². The van der Waals surface area contributed by atoms with E-state index in [1.165, 1.54) is 17.5 Å². The number of methoxy groups -OCH3 is 2. The normalized spacial score (nSPS) is 19.2. The first-order chi connectivity index (χ1) is 15.9. The molecule has 176 valence electrons. The predicted octanol–water partition coefficient (Wildman–Crippen LogP) is 2.74. The third-order valence-electron chi connectivity index (χ3n) is 6.49. The van der Waals surface area contributed by atoms with Gasteiger partial charge < -0.3 is 14.5 Å². The van der Waals surface area contributed by atoms with Crippen LogP contribution < -0.4 is 5.43 Å². The topological polar surface area (TPSA) is 105 Å². The molecule has 1 fully saturated rings. The minimum atomic E-state index is -0.229. The van der Waals surface area contributed by atoms with E-state index < -0.39 is 0 Å². The van der Waals surface area contributed by atoms with Gasteiger partial charge in [0.15, 0.2) is 0 Å². The van der Waals surface area contributed by atoms with Crippen LogP contribution in [0.4, 0.5) is 0 Å². The van der Waals surface area contributed by atoms with Crippen LogP contribution in [0.25, 0.3) is 6.08 Å². The van der Waals surface area contributed by atoms with Crippen LogP contribution >= 0.6 is 0 Å². The fraction of sp³-hybridized carbons (Fsp3) is 0.500. The summed E-state index contributed by atoms with van der Waals surface area (Å²) in [4.78, 5) is 26.6. The zero-order valence-electron chi connectivity index (χ0n) is 19.9. The zero-order chi connectivity index (χ0) is 23.5. The van der Waals surface area contributed by atoms with Gasteiger partial charge in [0.2, 0.25) is 0 Å². The minimum Gasteiger partial charge on any atom is -0.367 e. The van der Waals surface area contributed by atoms with Gasteiger partial charge >= 0.3 is 0 Å². The first kappa shape index (κ1) is 23.3. The largest absolute Gasteiger partial charge is 0.367 e. The summed E-state index contributed by atoms with van der Waals surface area (Å²) in [6.45, 7) is 6.96. The Morgan fingerprint density at radius 3 is 2.58 bits per heavy atom. The number of nitrogens with one attached hydrogen (secondary N) is 2. The van der Waals surface area contributed by atoms with Crippen molar-refractivity contribution in [3.63, 3.8) is 0 Å². The lowest BCUT2D eigenvalue weighted by molar-refractivity contribution is -0.116. The van der Waals surface area contributed by atoms with Gasteiger partial charge in [0.25, 0.3) is 5.91 Å². The number of rotatable bonds is 10. The zero-order valence-corrected chi connectivity index (χ0v) is 19.9. The summed E-state index contributed by atoms with van der Waals surface area (Å²) >= 11 is 0. The fourth-order valence-corrected chi connectivity index (χ4v) is 4.39. The van der Waals surface area contributed by atoms with Gasteiger partial charge in [-0.05, 0) is 69.2 Å². The average molecular weight is 453 g/mol. The molecule has 9 nitrogen and oxygen atoms in total. The number of nitrogens with zero attached hydrogens (tertiary/aromatic N) is 4. The molecule has 1 aliphatic carbocycles. The summed E-state index contributed by atoms with van der Waals surface area (Å²) in [5.41, 5.74) is 8.94. The Kier molecular flexibility index (Phi) is 7.02. The summed E-state index contributed by atoms with van der Waals surface area (Å²) in [6, 6.07) is 1.75. The highest BCUT2D eigenvalue weighted by Crippen LogP contribution is 2.45. The number of H-pyrrole nitrogens is 1. The lowest BCUT2D eigenvalue weighted by Gasteiger charge is -2.32. The van der Waals surface area contributed by atoms with Gasteiger partial charge in [-0.15, -0.1) is 0 Å². The molecule has 2 aromatic rings. The number of amides is 1. The van der Waals surface area contributed by atoms with Gasteiger partial charge in [-0.3, -0.25) is 9.69 Å². The van der Waals surface area contributed by atoms with Crippen LogP contribution in [0.15, 0.2) is 29.3 Å². The van der Waals surface area contributed by atoms with Crippen molar-refractivity contribution in [1.82, 2.24) is 25.3 Å². The molecule has 2 aliphatic rings. The van der Waals surface area contributed by atoms with Crippen LogP contribution in [0.3, 0.4) is 0 Å². The predicted molar refractivity (Wildman–Crippen MR) is 126 cm³/mol. The molecule has 9 heteroatoms. The number of aryl methyl sites for hydroxylation is 1. The molecule has 2 N–H and O–H groups in total. The number of hydrogen-bond acceptors (Lipinski definition) is 7. The van der Waals surface area contributed by atoms with E-state index >= 15 is 0 Å².